The summed E-state index contributed by atoms with van der Waals surface area (Å²) < 4.78 is 0. The van der Waals surface area contributed by atoms with Crippen molar-refractivity contribution in [3.8, 4) is 0 Å². The predicted octanol–water partition coefficient (Wildman–Crippen LogP) is 1.50. The summed E-state index contributed by atoms with van der Waals surface area (Å²) in [4.78, 5) is 0. The van der Waals surface area contributed by atoms with Crippen molar-refractivity contribution in [2.45, 2.75) is 25.6 Å². The van der Waals surface area contributed by atoms with Gasteiger partial charge in [0.25, 0.3) is 0 Å². The Morgan fingerprint density at radius 3 is 1.62 bits per heavy atom. The lowest BCUT2D eigenvalue weighted by Crippen LogP contribution is -2.16. The SMILES string of the molecule is CC(O)C(C)P(C)C. The number of aliphatic hydroxyl groups is 1. The van der Waals surface area contributed by atoms with Gasteiger partial charge in [-0.05, 0) is 20.3 Å². The summed E-state index contributed by atoms with van der Waals surface area (Å²) in [6.07, 6.45) is -0.129. The lowest BCUT2D eigenvalue weighted by Gasteiger charge is -2.18. The summed E-state index contributed by atoms with van der Waals surface area (Å²) in [6.45, 7) is 8.32. The molecule has 0 amide bonds. The fourth-order valence-corrected chi connectivity index (χ4v) is 1.29. The van der Waals surface area contributed by atoms with Gasteiger partial charge in [-0.2, -0.15) is 0 Å². The van der Waals surface area contributed by atoms with Gasteiger partial charge in [-0.15, -0.1) is 7.92 Å². The van der Waals surface area contributed by atoms with Gasteiger partial charge in [0.1, 0.15) is 0 Å². The zero-order valence-corrected chi connectivity index (χ0v) is 6.94. The zero-order chi connectivity index (χ0) is 6.73. The van der Waals surface area contributed by atoms with Crippen LogP contribution in [0.3, 0.4) is 0 Å². The van der Waals surface area contributed by atoms with Crippen LogP contribution < -0.4 is 0 Å². The minimum absolute atomic E-state index is 0.0489. The third kappa shape index (κ3) is 2.64. The molecule has 0 aromatic carbocycles. The molecule has 0 heterocycles. The van der Waals surface area contributed by atoms with Gasteiger partial charge in [0.05, 0.1) is 6.10 Å². The highest BCUT2D eigenvalue weighted by Crippen LogP contribution is 2.33. The maximum atomic E-state index is 9.01. The van der Waals surface area contributed by atoms with E-state index in [-0.39, 0.29) is 14.0 Å². The average Bonchev–Trinajstić information content (AvgIpc) is 1.64. The highest BCUT2D eigenvalue weighted by molar-refractivity contribution is 7.56. The molecule has 0 saturated carbocycles. The summed E-state index contributed by atoms with van der Waals surface area (Å²) >= 11 is 0. The normalized spacial score (nSPS) is 18.8. The first-order valence-corrected chi connectivity index (χ1v) is 5.20. The van der Waals surface area contributed by atoms with Gasteiger partial charge in [-0.25, -0.2) is 0 Å². The van der Waals surface area contributed by atoms with Crippen LogP contribution in [0.15, 0.2) is 0 Å². The van der Waals surface area contributed by atoms with Gasteiger partial charge in [0, 0.05) is 5.66 Å². The number of rotatable bonds is 2. The van der Waals surface area contributed by atoms with Gasteiger partial charge in [0.2, 0.25) is 0 Å². The van der Waals surface area contributed by atoms with Crippen molar-refractivity contribution in [1.29, 1.82) is 0 Å². The van der Waals surface area contributed by atoms with Crippen LogP contribution in [-0.2, 0) is 0 Å². The minimum atomic E-state index is -0.129. The molecule has 0 aliphatic heterocycles. The third-order valence-electron chi connectivity index (χ3n) is 1.51. The molecular weight excluding hydrogens is 119 g/mol. The molecule has 8 heavy (non-hydrogen) atoms. The van der Waals surface area contributed by atoms with Crippen LogP contribution in [0.4, 0.5) is 0 Å². The smallest absolute Gasteiger partial charge is 0.0576 e. The molecule has 0 saturated heterocycles. The topological polar surface area (TPSA) is 20.2 Å². The molecule has 0 rings (SSSR count). The quantitative estimate of drug-likeness (QED) is 0.567. The molecule has 0 aliphatic carbocycles. The largest absolute Gasteiger partial charge is 0.393 e. The molecule has 1 N–H and O–H groups in total. The number of aliphatic hydroxyl groups excluding tert-OH is 1. The summed E-state index contributed by atoms with van der Waals surface area (Å²) in [7, 11) is 0.0489. The van der Waals surface area contributed by atoms with Crippen molar-refractivity contribution in [1.82, 2.24) is 0 Å². The molecular formula is C6H15OP. The van der Waals surface area contributed by atoms with E-state index < -0.39 is 0 Å². The molecule has 1 nitrogen and oxygen atoms in total. The Kier molecular flexibility index (Phi) is 3.59. The standard InChI is InChI=1S/C6H15OP/c1-5(7)6(2)8(3)4/h5-7H,1-4H3. The summed E-state index contributed by atoms with van der Waals surface area (Å²) in [5.41, 5.74) is 0.491. The van der Waals surface area contributed by atoms with E-state index in [0.717, 1.165) is 0 Å². The van der Waals surface area contributed by atoms with E-state index in [1.165, 1.54) is 0 Å². The molecule has 2 unspecified atom stereocenters. The van der Waals surface area contributed by atoms with Crippen molar-refractivity contribution < 1.29 is 5.11 Å². The summed E-state index contributed by atoms with van der Waals surface area (Å²) in [5.74, 6) is 0. The molecule has 2 atom stereocenters. The maximum absolute atomic E-state index is 9.01. The van der Waals surface area contributed by atoms with Crippen molar-refractivity contribution in [2.24, 2.45) is 0 Å². The first-order valence-electron chi connectivity index (χ1n) is 2.90. The van der Waals surface area contributed by atoms with Gasteiger partial charge in [-0.1, -0.05) is 6.92 Å². The van der Waals surface area contributed by atoms with Crippen LogP contribution >= 0.6 is 7.92 Å². The highest BCUT2D eigenvalue weighted by atomic mass is 31.1. The summed E-state index contributed by atoms with van der Waals surface area (Å²) in [5, 5.41) is 9.01. The number of hydrogen-bond donors (Lipinski definition) is 1. The van der Waals surface area contributed by atoms with Crippen LogP contribution in [-0.4, -0.2) is 30.2 Å². The fraction of sp³-hybridized carbons (Fsp3) is 1.00. The zero-order valence-electron chi connectivity index (χ0n) is 6.05. The Labute approximate surface area is 52.9 Å². The van der Waals surface area contributed by atoms with E-state index >= 15 is 0 Å². The summed E-state index contributed by atoms with van der Waals surface area (Å²) in [6, 6.07) is 0. The fourth-order valence-electron chi connectivity index (χ4n) is 0.431. The molecule has 0 fully saturated rings. The van der Waals surface area contributed by atoms with Gasteiger partial charge in [0.15, 0.2) is 0 Å². The Bertz CT molecular complexity index is 53.5. The Morgan fingerprint density at radius 1 is 1.25 bits per heavy atom. The molecule has 0 bridgehead atoms. The Balaban J connectivity index is 3.46. The van der Waals surface area contributed by atoms with E-state index in [4.69, 9.17) is 5.11 Å². The maximum Gasteiger partial charge on any atom is 0.0576 e. The second-order valence-electron chi connectivity index (χ2n) is 2.44. The second kappa shape index (κ2) is 3.42. The van der Waals surface area contributed by atoms with Crippen molar-refractivity contribution in [3.63, 3.8) is 0 Å². The molecule has 0 aromatic heterocycles. The highest BCUT2D eigenvalue weighted by Gasteiger charge is 2.10. The van der Waals surface area contributed by atoms with Crippen LogP contribution in [0.2, 0.25) is 0 Å². The molecule has 2 heteroatoms. The number of hydrogen-bond acceptors (Lipinski definition) is 1. The van der Waals surface area contributed by atoms with Crippen molar-refractivity contribution in [3.05, 3.63) is 0 Å². The van der Waals surface area contributed by atoms with Crippen LogP contribution in [0.5, 0.6) is 0 Å². The van der Waals surface area contributed by atoms with Crippen LogP contribution in [0, 0.1) is 0 Å². The van der Waals surface area contributed by atoms with Gasteiger partial charge < -0.3 is 5.11 Å². The Hall–Kier alpha value is 0.390. The van der Waals surface area contributed by atoms with E-state index in [1.807, 2.05) is 6.92 Å². The predicted molar refractivity (Wildman–Crippen MR) is 39.9 cm³/mol. The first-order chi connectivity index (χ1) is 3.55. The first kappa shape index (κ1) is 8.39. The van der Waals surface area contributed by atoms with E-state index in [0.29, 0.717) is 5.66 Å². The van der Waals surface area contributed by atoms with E-state index in [1.54, 1.807) is 0 Å². The molecule has 50 valence electrons. The molecule has 0 radical (unpaired) electrons. The van der Waals surface area contributed by atoms with Gasteiger partial charge in [-0.3, -0.25) is 0 Å². The molecule has 0 spiro atoms. The van der Waals surface area contributed by atoms with E-state index in [2.05, 4.69) is 20.3 Å². The lowest BCUT2D eigenvalue weighted by atomic mass is 10.3. The average molecular weight is 134 g/mol. The van der Waals surface area contributed by atoms with Crippen molar-refractivity contribution in [2.75, 3.05) is 13.3 Å². The van der Waals surface area contributed by atoms with E-state index in [9.17, 15) is 0 Å². The monoisotopic (exact) mass is 134 g/mol. The second-order valence-corrected chi connectivity index (χ2v) is 5.19. The Morgan fingerprint density at radius 2 is 1.62 bits per heavy atom. The van der Waals surface area contributed by atoms with Crippen molar-refractivity contribution >= 4 is 7.92 Å². The third-order valence-corrected chi connectivity index (χ3v) is 3.57. The lowest BCUT2D eigenvalue weighted by molar-refractivity contribution is 0.195. The van der Waals surface area contributed by atoms with Crippen LogP contribution in [0.1, 0.15) is 13.8 Å². The minimum Gasteiger partial charge on any atom is -0.393 e. The molecule has 0 aliphatic rings. The molecule has 0 aromatic rings. The van der Waals surface area contributed by atoms with Crippen LogP contribution in [0.25, 0.3) is 0 Å². The van der Waals surface area contributed by atoms with Gasteiger partial charge >= 0.3 is 0 Å².